The standard InChI is InChI=1S/C23H22N4O2S/c1-3-16-4-6-17(7-5-16)21-13-27-20(14-30-23(27)26-21)12-22(29)25-19-10-8-18(9-11-19)24-15(2)28/h4-11,13-14H,3,12H2,1-2H3,(H,24,28)(H,25,29). The number of carbonyl (C=O) groups excluding carboxylic acids is 2. The van der Waals surface area contributed by atoms with Gasteiger partial charge in [0.15, 0.2) is 4.96 Å². The molecule has 2 amide bonds. The molecular weight excluding hydrogens is 396 g/mol. The lowest BCUT2D eigenvalue weighted by Gasteiger charge is -2.07. The summed E-state index contributed by atoms with van der Waals surface area (Å²) in [6, 6.07) is 15.5. The molecule has 0 saturated carbocycles. The van der Waals surface area contributed by atoms with E-state index in [2.05, 4.69) is 41.8 Å². The lowest BCUT2D eigenvalue weighted by Crippen LogP contribution is -2.15. The van der Waals surface area contributed by atoms with Crippen LogP contribution in [0.25, 0.3) is 16.2 Å². The number of imidazole rings is 1. The predicted molar refractivity (Wildman–Crippen MR) is 121 cm³/mol. The van der Waals surface area contributed by atoms with Crippen LogP contribution in [0.4, 0.5) is 11.4 Å². The molecule has 2 heterocycles. The van der Waals surface area contributed by atoms with Gasteiger partial charge < -0.3 is 10.6 Å². The Kier molecular flexibility index (Phi) is 5.63. The van der Waals surface area contributed by atoms with E-state index in [-0.39, 0.29) is 18.2 Å². The summed E-state index contributed by atoms with van der Waals surface area (Å²) in [5.41, 5.74) is 5.53. The number of thiazole rings is 1. The van der Waals surface area contributed by atoms with Crippen molar-refractivity contribution in [2.24, 2.45) is 0 Å². The molecule has 4 aromatic rings. The van der Waals surface area contributed by atoms with E-state index in [0.29, 0.717) is 11.4 Å². The van der Waals surface area contributed by atoms with Crippen molar-refractivity contribution in [3.05, 3.63) is 71.4 Å². The maximum absolute atomic E-state index is 12.5. The van der Waals surface area contributed by atoms with E-state index in [1.165, 1.54) is 23.8 Å². The fourth-order valence-electron chi connectivity index (χ4n) is 3.22. The smallest absolute Gasteiger partial charge is 0.230 e. The van der Waals surface area contributed by atoms with Crippen LogP contribution in [0.5, 0.6) is 0 Å². The van der Waals surface area contributed by atoms with Crippen molar-refractivity contribution in [3.8, 4) is 11.3 Å². The van der Waals surface area contributed by atoms with Crippen molar-refractivity contribution in [2.45, 2.75) is 26.7 Å². The molecule has 30 heavy (non-hydrogen) atoms. The molecule has 0 bridgehead atoms. The second kappa shape index (κ2) is 8.51. The second-order valence-electron chi connectivity index (χ2n) is 7.04. The third-order valence-electron chi connectivity index (χ3n) is 4.77. The first kappa shape index (κ1) is 19.8. The highest BCUT2D eigenvalue weighted by Crippen LogP contribution is 2.24. The fraction of sp³-hybridized carbons (Fsp3) is 0.174. The van der Waals surface area contributed by atoms with Crippen LogP contribution >= 0.6 is 11.3 Å². The van der Waals surface area contributed by atoms with Crippen molar-refractivity contribution in [2.75, 3.05) is 10.6 Å². The van der Waals surface area contributed by atoms with Gasteiger partial charge in [-0.1, -0.05) is 31.2 Å². The summed E-state index contributed by atoms with van der Waals surface area (Å²) < 4.78 is 1.98. The number of nitrogens with zero attached hydrogens (tertiary/aromatic N) is 2. The van der Waals surface area contributed by atoms with Crippen LogP contribution in [0.3, 0.4) is 0 Å². The summed E-state index contributed by atoms with van der Waals surface area (Å²) >= 11 is 1.52. The van der Waals surface area contributed by atoms with Gasteiger partial charge in [-0.3, -0.25) is 14.0 Å². The Bertz CT molecular complexity index is 1190. The largest absolute Gasteiger partial charge is 0.326 e. The summed E-state index contributed by atoms with van der Waals surface area (Å²) in [4.78, 5) is 29.2. The van der Waals surface area contributed by atoms with Gasteiger partial charge in [-0.15, -0.1) is 11.3 Å². The Hall–Kier alpha value is -3.45. The summed E-state index contributed by atoms with van der Waals surface area (Å²) in [5, 5.41) is 7.56. The zero-order valence-electron chi connectivity index (χ0n) is 16.8. The lowest BCUT2D eigenvalue weighted by molar-refractivity contribution is -0.116. The van der Waals surface area contributed by atoms with Crippen molar-refractivity contribution in [1.82, 2.24) is 9.38 Å². The molecule has 2 N–H and O–H groups in total. The van der Waals surface area contributed by atoms with Crippen molar-refractivity contribution < 1.29 is 9.59 Å². The van der Waals surface area contributed by atoms with Gasteiger partial charge in [0.1, 0.15) is 0 Å². The van der Waals surface area contributed by atoms with Gasteiger partial charge in [0.05, 0.1) is 12.1 Å². The molecule has 7 heteroatoms. The molecule has 0 atom stereocenters. The Morgan fingerprint density at radius 1 is 1.00 bits per heavy atom. The molecule has 0 radical (unpaired) electrons. The quantitative estimate of drug-likeness (QED) is 0.474. The highest BCUT2D eigenvalue weighted by Gasteiger charge is 2.13. The number of carbonyl (C=O) groups is 2. The number of hydrogen-bond donors (Lipinski definition) is 2. The normalized spacial score (nSPS) is 10.9. The summed E-state index contributed by atoms with van der Waals surface area (Å²) in [6.07, 6.45) is 3.24. The molecule has 152 valence electrons. The molecule has 0 aliphatic carbocycles. The van der Waals surface area contributed by atoms with E-state index in [1.807, 2.05) is 16.0 Å². The molecule has 0 aliphatic rings. The van der Waals surface area contributed by atoms with E-state index in [9.17, 15) is 9.59 Å². The summed E-state index contributed by atoms with van der Waals surface area (Å²) in [5.74, 6) is -0.237. The molecule has 0 fully saturated rings. The van der Waals surface area contributed by atoms with Crippen LogP contribution in [0.2, 0.25) is 0 Å². The van der Waals surface area contributed by atoms with Gasteiger partial charge in [-0.25, -0.2) is 4.98 Å². The van der Waals surface area contributed by atoms with Crippen LogP contribution in [-0.2, 0) is 22.4 Å². The van der Waals surface area contributed by atoms with Gasteiger partial charge in [-0.05, 0) is 36.2 Å². The Morgan fingerprint density at radius 2 is 1.67 bits per heavy atom. The van der Waals surface area contributed by atoms with E-state index >= 15 is 0 Å². The van der Waals surface area contributed by atoms with Gasteiger partial charge in [0.25, 0.3) is 0 Å². The SMILES string of the molecule is CCc1ccc(-c2cn3c(CC(=O)Nc4ccc(NC(C)=O)cc4)csc3n2)cc1. The van der Waals surface area contributed by atoms with Crippen molar-refractivity contribution in [3.63, 3.8) is 0 Å². The maximum Gasteiger partial charge on any atom is 0.230 e. The third kappa shape index (κ3) is 4.41. The van der Waals surface area contributed by atoms with Crippen LogP contribution in [-0.4, -0.2) is 21.2 Å². The maximum atomic E-state index is 12.5. The zero-order chi connectivity index (χ0) is 21.1. The molecule has 0 unspecified atom stereocenters. The number of hydrogen-bond acceptors (Lipinski definition) is 4. The van der Waals surface area contributed by atoms with Crippen LogP contribution in [0.15, 0.2) is 60.1 Å². The number of benzene rings is 2. The molecule has 6 nitrogen and oxygen atoms in total. The van der Waals surface area contributed by atoms with Crippen LogP contribution < -0.4 is 10.6 Å². The van der Waals surface area contributed by atoms with Gasteiger partial charge in [0, 0.05) is 41.1 Å². The number of fused-ring (bicyclic) bond motifs is 1. The summed E-state index contributed by atoms with van der Waals surface area (Å²) in [7, 11) is 0. The average molecular weight is 419 g/mol. The highest BCUT2D eigenvalue weighted by molar-refractivity contribution is 7.15. The number of aromatic nitrogens is 2. The molecular formula is C23H22N4O2S. The highest BCUT2D eigenvalue weighted by atomic mass is 32.1. The van der Waals surface area contributed by atoms with Gasteiger partial charge in [0.2, 0.25) is 11.8 Å². The average Bonchev–Trinajstić information content (AvgIpc) is 3.31. The number of rotatable bonds is 6. The first-order chi connectivity index (χ1) is 14.5. The molecule has 4 rings (SSSR count). The monoisotopic (exact) mass is 418 g/mol. The number of nitrogens with one attached hydrogen (secondary N) is 2. The number of anilines is 2. The van der Waals surface area contributed by atoms with Gasteiger partial charge in [-0.2, -0.15) is 0 Å². The van der Waals surface area contributed by atoms with Crippen molar-refractivity contribution in [1.29, 1.82) is 0 Å². The first-order valence-electron chi connectivity index (χ1n) is 9.74. The summed E-state index contributed by atoms with van der Waals surface area (Å²) in [6.45, 7) is 3.59. The minimum absolute atomic E-state index is 0.107. The first-order valence-corrected chi connectivity index (χ1v) is 10.6. The second-order valence-corrected chi connectivity index (χ2v) is 7.88. The molecule has 2 aromatic heterocycles. The van der Waals surface area contributed by atoms with Crippen LogP contribution in [0.1, 0.15) is 25.1 Å². The third-order valence-corrected chi connectivity index (χ3v) is 5.66. The van der Waals surface area contributed by atoms with E-state index < -0.39 is 0 Å². The Balaban J connectivity index is 1.46. The molecule has 2 aromatic carbocycles. The lowest BCUT2D eigenvalue weighted by atomic mass is 10.1. The zero-order valence-corrected chi connectivity index (χ0v) is 17.6. The van der Waals surface area contributed by atoms with Crippen molar-refractivity contribution >= 4 is 39.5 Å². The van der Waals surface area contributed by atoms with E-state index in [1.54, 1.807) is 24.3 Å². The number of amides is 2. The Morgan fingerprint density at radius 3 is 2.30 bits per heavy atom. The molecule has 0 saturated heterocycles. The Labute approximate surface area is 178 Å². The molecule has 0 aliphatic heterocycles. The predicted octanol–water partition coefficient (Wildman–Crippen LogP) is 4.76. The van der Waals surface area contributed by atoms with Gasteiger partial charge >= 0.3 is 0 Å². The number of aryl methyl sites for hydroxylation is 1. The minimum atomic E-state index is -0.130. The van der Waals surface area contributed by atoms with Crippen LogP contribution in [0, 0.1) is 0 Å². The minimum Gasteiger partial charge on any atom is -0.326 e. The van der Waals surface area contributed by atoms with E-state index in [0.717, 1.165) is 28.3 Å². The molecule has 0 spiro atoms. The van der Waals surface area contributed by atoms with E-state index in [4.69, 9.17) is 4.98 Å². The topological polar surface area (TPSA) is 75.5 Å². The fourth-order valence-corrected chi connectivity index (χ4v) is 4.09.